The molecule has 2 aromatic heterocycles. The molecule has 1 aromatic carbocycles. The van der Waals surface area contributed by atoms with Gasteiger partial charge >= 0.3 is 0 Å². The first-order valence-electron chi connectivity index (χ1n) is 14.7. The molecule has 1 fully saturated rings. The summed E-state index contributed by atoms with van der Waals surface area (Å²) < 4.78 is 15.4. The molecular weight excluding hydrogens is 518 g/mol. The molecule has 1 amide bonds. The quantitative estimate of drug-likeness (QED) is 0.495. The Kier molecular flexibility index (Phi) is 6.76. The largest absolute Gasteiger partial charge is 0.448 e. The highest BCUT2D eigenvalue weighted by molar-refractivity contribution is 6.02. The van der Waals surface area contributed by atoms with E-state index in [2.05, 4.69) is 36.0 Å². The number of carbonyl (C=O) groups is 1. The van der Waals surface area contributed by atoms with Gasteiger partial charge in [-0.25, -0.2) is 0 Å². The lowest BCUT2D eigenvalue weighted by atomic mass is 9.81. The Bertz CT molecular complexity index is 1580. The Labute approximate surface area is 241 Å². The molecule has 0 spiro atoms. The maximum absolute atomic E-state index is 14.2. The Balaban J connectivity index is 1.40. The molecule has 218 valence electrons. The molecular formula is C32H41N5O4. The van der Waals surface area contributed by atoms with Crippen molar-refractivity contribution in [3.8, 4) is 22.6 Å². The Morgan fingerprint density at radius 1 is 1.07 bits per heavy atom. The number of hydrogen-bond donors (Lipinski definition) is 1. The van der Waals surface area contributed by atoms with Gasteiger partial charge < -0.3 is 24.3 Å². The van der Waals surface area contributed by atoms with Crippen molar-refractivity contribution < 1.29 is 14.3 Å². The van der Waals surface area contributed by atoms with E-state index in [1.165, 1.54) is 0 Å². The highest BCUT2D eigenvalue weighted by Gasteiger charge is 2.49. The van der Waals surface area contributed by atoms with Gasteiger partial charge in [0.05, 0.1) is 18.3 Å². The maximum Gasteiger partial charge on any atom is 0.254 e. The number of hydrogen-bond acceptors (Lipinski definition) is 6. The zero-order valence-electron chi connectivity index (χ0n) is 25.3. The zero-order chi connectivity index (χ0) is 29.2. The number of nitrogens with zero attached hydrogens (tertiary/aromatic N) is 4. The predicted molar refractivity (Wildman–Crippen MR) is 157 cm³/mol. The van der Waals surface area contributed by atoms with Gasteiger partial charge in [-0.05, 0) is 84.2 Å². The van der Waals surface area contributed by atoms with E-state index in [0.717, 1.165) is 64.9 Å². The summed E-state index contributed by atoms with van der Waals surface area (Å²) in [6, 6.07) is 2.53. The molecule has 1 saturated carbocycles. The van der Waals surface area contributed by atoms with E-state index in [0.29, 0.717) is 35.9 Å². The van der Waals surface area contributed by atoms with Gasteiger partial charge in [-0.15, -0.1) is 0 Å². The van der Waals surface area contributed by atoms with Crippen LogP contribution in [0.3, 0.4) is 0 Å². The predicted octanol–water partition coefficient (Wildman–Crippen LogP) is 4.51. The fourth-order valence-corrected chi connectivity index (χ4v) is 7.14. The second kappa shape index (κ2) is 10.0. The van der Waals surface area contributed by atoms with Crippen LogP contribution in [-0.4, -0.2) is 62.9 Å². The van der Waals surface area contributed by atoms with Crippen molar-refractivity contribution in [2.24, 2.45) is 13.0 Å². The van der Waals surface area contributed by atoms with Crippen LogP contribution in [0.2, 0.25) is 0 Å². The van der Waals surface area contributed by atoms with Crippen LogP contribution in [0.5, 0.6) is 11.5 Å². The number of aromatic amines is 1. The fourth-order valence-electron chi connectivity index (χ4n) is 7.14. The van der Waals surface area contributed by atoms with Gasteiger partial charge in [-0.2, -0.15) is 5.10 Å². The Hall–Kier alpha value is -3.59. The molecule has 0 bridgehead atoms. The fraction of sp³-hybridized carbons (Fsp3) is 0.531. The number of rotatable bonds is 5. The summed E-state index contributed by atoms with van der Waals surface area (Å²) >= 11 is 0. The molecule has 9 heteroatoms. The Morgan fingerprint density at radius 3 is 2.41 bits per heavy atom. The molecule has 3 aromatic rings. The van der Waals surface area contributed by atoms with Crippen molar-refractivity contribution in [1.82, 2.24) is 24.6 Å². The lowest BCUT2D eigenvalue weighted by Crippen LogP contribution is -2.46. The second-order valence-corrected chi connectivity index (χ2v) is 12.5. The molecule has 0 unspecified atom stereocenters. The molecule has 4 heterocycles. The van der Waals surface area contributed by atoms with E-state index in [4.69, 9.17) is 9.47 Å². The standard InChI is InChI=1S/C32H41N5O4/c1-18-14-19(2)34-30(38)25(18)17-37-13-12-24-26(31(37)39)20(3)28-29(27(24)21-15-33-36(7)16-21)41-32(4,40-28)22-8-10-23(11-9-22)35(5)6/h14-16,22-23H,8-13,17H2,1-7H3,(H,34,38)/t22?,23?,32-/m0/s1. The van der Waals surface area contributed by atoms with Crippen LogP contribution in [0, 0.1) is 26.7 Å². The number of benzene rings is 1. The topological polar surface area (TPSA) is 92.7 Å². The summed E-state index contributed by atoms with van der Waals surface area (Å²) in [5, 5.41) is 4.44. The van der Waals surface area contributed by atoms with Crippen molar-refractivity contribution >= 4 is 5.91 Å². The van der Waals surface area contributed by atoms with Crippen molar-refractivity contribution in [2.75, 3.05) is 20.6 Å². The minimum Gasteiger partial charge on any atom is -0.448 e. The van der Waals surface area contributed by atoms with E-state index < -0.39 is 5.79 Å². The molecule has 1 N–H and O–H groups in total. The van der Waals surface area contributed by atoms with Crippen LogP contribution in [-0.2, 0) is 20.0 Å². The summed E-state index contributed by atoms with van der Waals surface area (Å²) in [6.07, 6.45) is 8.70. The van der Waals surface area contributed by atoms with Crippen LogP contribution in [0.4, 0.5) is 0 Å². The van der Waals surface area contributed by atoms with Crippen molar-refractivity contribution in [3.05, 3.63) is 62.3 Å². The third-order valence-corrected chi connectivity index (χ3v) is 9.50. The van der Waals surface area contributed by atoms with Gasteiger partial charge in [0.1, 0.15) is 0 Å². The van der Waals surface area contributed by atoms with Crippen molar-refractivity contribution in [1.29, 1.82) is 0 Å². The number of aromatic nitrogens is 3. The maximum atomic E-state index is 14.2. The van der Waals surface area contributed by atoms with Gasteiger partial charge in [0.2, 0.25) is 0 Å². The first-order valence-corrected chi connectivity index (χ1v) is 14.7. The van der Waals surface area contributed by atoms with Crippen LogP contribution >= 0.6 is 0 Å². The lowest BCUT2D eigenvalue weighted by molar-refractivity contribution is -0.123. The minimum atomic E-state index is -0.805. The van der Waals surface area contributed by atoms with Crippen LogP contribution in [0.25, 0.3) is 11.1 Å². The Morgan fingerprint density at radius 2 is 1.78 bits per heavy atom. The monoisotopic (exact) mass is 559 g/mol. The second-order valence-electron chi connectivity index (χ2n) is 12.5. The van der Waals surface area contributed by atoms with Gasteiger partial charge in [0.25, 0.3) is 17.3 Å². The molecule has 0 radical (unpaired) electrons. The van der Waals surface area contributed by atoms with Crippen LogP contribution in [0.1, 0.15) is 70.9 Å². The van der Waals surface area contributed by atoms with Crippen LogP contribution < -0.4 is 15.0 Å². The number of H-pyrrole nitrogens is 1. The molecule has 6 rings (SSSR count). The molecule has 1 aliphatic carbocycles. The molecule has 9 nitrogen and oxygen atoms in total. The summed E-state index contributed by atoms with van der Waals surface area (Å²) in [4.78, 5) is 34.0. The first-order chi connectivity index (χ1) is 19.5. The average Bonchev–Trinajstić information content (AvgIpc) is 3.51. The van der Waals surface area contributed by atoms with Gasteiger partial charge in [0, 0.05) is 66.6 Å². The molecule has 3 aliphatic rings. The molecule has 1 atom stereocenters. The summed E-state index contributed by atoms with van der Waals surface area (Å²) in [5.41, 5.74) is 6.43. The highest BCUT2D eigenvalue weighted by atomic mass is 16.7. The number of nitrogens with one attached hydrogen (secondary N) is 1. The SMILES string of the molecule is Cc1cc(C)c(CN2CCc3c(c(C)c4c(c3-c3cnn(C)c3)O[C@@](C)(C3CCC(N(C)C)CC3)O4)C2=O)c(=O)[nH]1. The van der Waals surface area contributed by atoms with Gasteiger partial charge in [0.15, 0.2) is 11.5 Å². The third kappa shape index (κ3) is 4.64. The van der Waals surface area contributed by atoms with E-state index in [-0.39, 0.29) is 23.9 Å². The lowest BCUT2D eigenvalue weighted by Gasteiger charge is -2.39. The normalized spacial score (nSPS) is 23.8. The summed E-state index contributed by atoms with van der Waals surface area (Å²) in [5.74, 6) is 0.728. The molecule has 2 aliphatic heterocycles. The average molecular weight is 560 g/mol. The number of carbonyl (C=O) groups excluding carboxylic acids is 1. The minimum absolute atomic E-state index is 0.0836. The first kappa shape index (κ1) is 27.6. The van der Waals surface area contributed by atoms with Crippen LogP contribution in [0.15, 0.2) is 23.3 Å². The van der Waals surface area contributed by atoms with Crippen molar-refractivity contribution in [2.45, 2.75) is 78.2 Å². The van der Waals surface area contributed by atoms with Gasteiger partial charge in [-0.1, -0.05) is 0 Å². The zero-order valence-corrected chi connectivity index (χ0v) is 25.3. The number of aryl methyl sites for hydroxylation is 3. The number of fused-ring (bicyclic) bond motifs is 2. The number of ether oxygens (including phenoxy) is 2. The van der Waals surface area contributed by atoms with Crippen molar-refractivity contribution in [3.63, 3.8) is 0 Å². The van der Waals surface area contributed by atoms with E-state index >= 15 is 0 Å². The van der Waals surface area contributed by atoms with E-state index in [1.54, 1.807) is 9.58 Å². The molecule has 41 heavy (non-hydrogen) atoms. The third-order valence-electron chi connectivity index (χ3n) is 9.50. The number of pyridine rings is 1. The summed E-state index contributed by atoms with van der Waals surface area (Å²) in [6.45, 7) is 8.60. The summed E-state index contributed by atoms with van der Waals surface area (Å²) in [7, 11) is 6.19. The van der Waals surface area contributed by atoms with E-state index in [9.17, 15) is 9.59 Å². The smallest absolute Gasteiger partial charge is 0.254 e. The highest BCUT2D eigenvalue weighted by Crippen LogP contribution is 2.55. The van der Waals surface area contributed by atoms with E-state index in [1.807, 2.05) is 46.3 Å². The van der Waals surface area contributed by atoms with Gasteiger partial charge in [-0.3, -0.25) is 14.3 Å². The molecule has 0 saturated heterocycles. The number of amides is 1.